The molecule has 5 nitrogen and oxygen atoms in total. The lowest BCUT2D eigenvalue weighted by Gasteiger charge is -2.16. The predicted octanol–water partition coefficient (Wildman–Crippen LogP) is 0.709. The number of urea groups is 1. The molecule has 1 aromatic rings. The lowest BCUT2D eigenvalue weighted by molar-refractivity contribution is 0.172. The van der Waals surface area contributed by atoms with E-state index in [1.165, 1.54) is 0 Å². The first-order valence-corrected chi connectivity index (χ1v) is 6.28. The SMILES string of the molecule is Cc1cccnc1CCNC(=O)N1CC[C@@H](O)C1. The average Bonchev–Trinajstić information content (AvgIpc) is 2.78. The van der Waals surface area contributed by atoms with Crippen LogP contribution in [0, 0.1) is 6.92 Å². The largest absolute Gasteiger partial charge is 0.391 e. The van der Waals surface area contributed by atoms with Crippen LogP contribution in [0.2, 0.25) is 0 Å². The Morgan fingerprint density at radius 1 is 1.67 bits per heavy atom. The molecule has 0 saturated carbocycles. The summed E-state index contributed by atoms with van der Waals surface area (Å²) in [6.07, 6.45) is 2.80. The van der Waals surface area contributed by atoms with Gasteiger partial charge in [0.15, 0.2) is 0 Å². The van der Waals surface area contributed by atoms with Gasteiger partial charge < -0.3 is 15.3 Å². The molecule has 0 unspecified atom stereocenters. The van der Waals surface area contributed by atoms with Crippen molar-refractivity contribution in [2.45, 2.75) is 25.9 Å². The first-order valence-electron chi connectivity index (χ1n) is 6.28. The summed E-state index contributed by atoms with van der Waals surface area (Å²) in [5.74, 6) is 0. The van der Waals surface area contributed by atoms with Gasteiger partial charge in [-0.1, -0.05) is 6.07 Å². The number of carbonyl (C=O) groups excluding carboxylic acids is 1. The average molecular weight is 249 g/mol. The van der Waals surface area contributed by atoms with Crippen molar-refractivity contribution in [3.63, 3.8) is 0 Å². The Hall–Kier alpha value is -1.62. The number of pyridine rings is 1. The van der Waals surface area contributed by atoms with Gasteiger partial charge in [-0.3, -0.25) is 4.98 Å². The molecular formula is C13H19N3O2. The number of hydrogen-bond donors (Lipinski definition) is 2. The molecule has 5 heteroatoms. The zero-order valence-corrected chi connectivity index (χ0v) is 10.6. The van der Waals surface area contributed by atoms with Crippen molar-refractivity contribution in [1.82, 2.24) is 15.2 Å². The Morgan fingerprint density at radius 2 is 2.50 bits per heavy atom. The van der Waals surface area contributed by atoms with E-state index >= 15 is 0 Å². The van der Waals surface area contributed by atoms with Crippen molar-refractivity contribution >= 4 is 6.03 Å². The van der Waals surface area contributed by atoms with Crippen molar-refractivity contribution in [3.8, 4) is 0 Å². The number of aliphatic hydroxyl groups excluding tert-OH is 1. The van der Waals surface area contributed by atoms with Crippen LogP contribution in [0.1, 0.15) is 17.7 Å². The molecule has 2 amide bonds. The summed E-state index contributed by atoms with van der Waals surface area (Å²) in [5, 5.41) is 12.2. The molecule has 2 heterocycles. The molecule has 98 valence electrons. The number of aryl methyl sites for hydroxylation is 1. The minimum atomic E-state index is -0.367. The van der Waals surface area contributed by atoms with Crippen molar-refractivity contribution in [1.29, 1.82) is 0 Å². The van der Waals surface area contributed by atoms with E-state index in [-0.39, 0.29) is 12.1 Å². The van der Waals surface area contributed by atoms with Crippen LogP contribution in [-0.2, 0) is 6.42 Å². The van der Waals surface area contributed by atoms with E-state index in [0.717, 1.165) is 17.7 Å². The van der Waals surface area contributed by atoms with E-state index in [9.17, 15) is 9.90 Å². The molecule has 1 fully saturated rings. The number of likely N-dealkylation sites (tertiary alicyclic amines) is 1. The third-order valence-electron chi connectivity index (χ3n) is 3.21. The summed E-state index contributed by atoms with van der Waals surface area (Å²) in [4.78, 5) is 17.7. The van der Waals surface area contributed by atoms with Gasteiger partial charge >= 0.3 is 6.03 Å². The Bertz CT molecular complexity index is 422. The molecule has 0 aliphatic carbocycles. The van der Waals surface area contributed by atoms with Gasteiger partial charge in [-0.25, -0.2) is 4.79 Å². The zero-order chi connectivity index (χ0) is 13.0. The Kier molecular flexibility index (Phi) is 4.15. The van der Waals surface area contributed by atoms with Gasteiger partial charge in [0.2, 0.25) is 0 Å². The molecule has 0 aromatic carbocycles. The highest BCUT2D eigenvalue weighted by atomic mass is 16.3. The van der Waals surface area contributed by atoms with Gasteiger partial charge in [0, 0.05) is 37.9 Å². The molecule has 0 radical (unpaired) electrons. The summed E-state index contributed by atoms with van der Waals surface area (Å²) in [6, 6.07) is 3.82. The van der Waals surface area contributed by atoms with Crippen LogP contribution < -0.4 is 5.32 Å². The molecule has 2 rings (SSSR count). The van der Waals surface area contributed by atoms with Gasteiger partial charge in [0.25, 0.3) is 0 Å². The third kappa shape index (κ3) is 3.20. The molecule has 0 bridgehead atoms. The van der Waals surface area contributed by atoms with Crippen molar-refractivity contribution in [2.75, 3.05) is 19.6 Å². The molecule has 1 saturated heterocycles. The highest BCUT2D eigenvalue weighted by Crippen LogP contribution is 2.08. The van der Waals surface area contributed by atoms with Crippen LogP contribution >= 0.6 is 0 Å². The van der Waals surface area contributed by atoms with E-state index in [1.807, 2.05) is 19.1 Å². The standard InChI is InChI=1S/C13H19N3O2/c1-10-3-2-6-14-12(10)4-7-15-13(18)16-8-5-11(17)9-16/h2-3,6,11,17H,4-5,7-9H2,1H3,(H,15,18)/t11-/m1/s1. The predicted molar refractivity (Wildman–Crippen MR) is 68.3 cm³/mol. The molecule has 0 spiro atoms. The maximum absolute atomic E-state index is 11.7. The van der Waals surface area contributed by atoms with Crippen LogP contribution in [0.25, 0.3) is 0 Å². The van der Waals surface area contributed by atoms with Crippen molar-refractivity contribution in [3.05, 3.63) is 29.6 Å². The normalized spacial score (nSPS) is 19.0. The minimum Gasteiger partial charge on any atom is -0.391 e. The summed E-state index contributed by atoms with van der Waals surface area (Å²) in [6.45, 7) is 3.66. The summed E-state index contributed by atoms with van der Waals surface area (Å²) in [7, 11) is 0. The van der Waals surface area contributed by atoms with E-state index < -0.39 is 0 Å². The highest BCUT2D eigenvalue weighted by molar-refractivity contribution is 5.74. The number of nitrogens with zero attached hydrogens (tertiary/aromatic N) is 2. The fourth-order valence-corrected chi connectivity index (χ4v) is 2.11. The van der Waals surface area contributed by atoms with Gasteiger partial charge in [-0.15, -0.1) is 0 Å². The van der Waals surface area contributed by atoms with E-state index in [0.29, 0.717) is 26.1 Å². The lowest BCUT2D eigenvalue weighted by Crippen LogP contribution is -2.39. The molecule has 1 atom stereocenters. The maximum atomic E-state index is 11.7. The first-order chi connectivity index (χ1) is 8.66. The maximum Gasteiger partial charge on any atom is 0.317 e. The molecule has 1 aromatic heterocycles. The second-order valence-electron chi connectivity index (χ2n) is 4.64. The fraction of sp³-hybridized carbons (Fsp3) is 0.538. The Labute approximate surface area is 107 Å². The Balaban J connectivity index is 1.75. The smallest absolute Gasteiger partial charge is 0.317 e. The number of amides is 2. The summed E-state index contributed by atoms with van der Waals surface area (Å²) >= 11 is 0. The second-order valence-corrected chi connectivity index (χ2v) is 4.64. The summed E-state index contributed by atoms with van der Waals surface area (Å²) < 4.78 is 0. The van der Waals surface area contributed by atoms with Crippen LogP contribution in [0.3, 0.4) is 0 Å². The number of β-amino-alcohol motifs (C(OH)–C–C–N with tert-alkyl or cyclic N) is 1. The van der Waals surface area contributed by atoms with Crippen molar-refractivity contribution in [2.24, 2.45) is 0 Å². The second kappa shape index (κ2) is 5.82. The van der Waals surface area contributed by atoms with Crippen LogP contribution in [0.15, 0.2) is 18.3 Å². The third-order valence-corrected chi connectivity index (χ3v) is 3.21. The van der Waals surface area contributed by atoms with Crippen LogP contribution in [0.4, 0.5) is 4.79 Å². The highest BCUT2D eigenvalue weighted by Gasteiger charge is 2.23. The zero-order valence-electron chi connectivity index (χ0n) is 10.6. The number of hydrogen-bond acceptors (Lipinski definition) is 3. The Morgan fingerprint density at radius 3 is 3.17 bits per heavy atom. The summed E-state index contributed by atoms with van der Waals surface area (Å²) in [5.41, 5.74) is 2.16. The first kappa shape index (κ1) is 12.8. The number of rotatable bonds is 3. The number of nitrogens with one attached hydrogen (secondary N) is 1. The van der Waals surface area contributed by atoms with Gasteiger partial charge in [-0.05, 0) is 25.0 Å². The fourth-order valence-electron chi connectivity index (χ4n) is 2.11. The number of carbonyl (C=O) groups is 1. The molecule has 18 heavy (non-hydrogen) atoms. The minimum absolute atomic E-state index is 0.0971. The van der Waals surface area contributed by atoms with Gasteiger partial charge in [0.1, 0.15) is 0 Å². The van der Waals surface area contributed by atoms with E-state index in [4.69, 9.17) is 0 Å². The van der Waals surface area contributed by atoms with Gasteiger partial charge in [-0.2, -0.15) is 0 Å². The van der Waals surface area contributed by atoms with Crippen LogP contribution in [-0.4, -0.2) is 46.8 Å². The van der Waals surface area contributed by atoms with Crippen molar-refractivity contribution < 1.29 is 9.90 Å². The molecular weight excluding hydrogens is 230 g/mol. The monoisotopic (exact) mass is 249 g/mol. The lowest BCUT2D eigenvalue weighted by atomic mass is 10.2. The molecule has 1 aliphatic heterocycles. The van der Waals surface area contributed by atoms with E-state index in [2.05, 4.69) is 10.3 Å². The van der Waals surface area contributed by atoms with Gasteiger partial charge in [0.05, 0.1) is 6.10 Å². The quantitative estimate of drug-likeness (QED) is 0.829. The van der Waals surface area contributed by atoms with E-state index in [1.54, 1.807) is 11.1 Å². The van der Waals surface area contributed by atoms with Crippen LogP contribution in [0.5, 0.6) is 0 Å². The molecule has 1 aliphatic rings. The molecule has 2 N–H and O–H groups in total. The number of aliphatic hydroxyl groups is 1. The topological polar surface area (TPSA) is 65.5 Å². The number of aromatic nitrogens is 1.